The van der Waals surface area contributed by atoms with Gasteiger partial charge in [-0.15, -0.1) is 4.21 Å². The zero-order chi connectivity index (χ0) is 23.8. The molecule has 178 valence electrons. The van der Waals surface area contributed by atoms with Crippen molar-refractivity contribution in [3.8, 4) is 5.75 Å². The largest absolute Gasteiger partial charge is 0.614 e. The van der Waals surface area contributed by atoms with Gasteiger partial charge in [0.1, 0.15) is 12.4 Å². The Bertz CT molecular complexity index is 1020. The van der Waals surface area contributed by atoms with Crippen molar-refractivity contribution in [2.45, 2.75) is 56.2 Å². The molecule has 0 aromatic heterocycles. The number of carbonyl (C=O) groups excluding carboxylic acids is 1. The molecule has 33 heavy (non-hydrogen) atoms. The first-order valence-corrected chi connectivity index (χ1v) is 13.2. The maximum atomic E-state index is 13.4. The van der Waals surface area contributed by atoms with Gasteiger partial charge in [-0.1, -0.05) is 56.3 Å². The molecule has 0 bridgehead atoms. The Labute approximate surface area is 198 Å². The Morgan fingerprint density at radius 1 is 1.09 bits per heavy atom. The Morgan fingerprint density at radius 3 is 2.39 bits per heavy atom. The van der Waals surface area contributed by atoms with Crippen LogP contribution in [0.2, 0.25) is 0 Å². The molecule has 1 amide bonds. The van der Waals surface area contributed by atoms with Gasteiger partial charge in [0.05, 0.1) is 22.8 Å². The number of para-hydroxylation sites is 1. The molecule has 2 aliphatic rings. The Kier molecular flexibility index (Phi) is 6.67. The highest BCUT2D eigenvalue weighted by Gasteiger charge is 2.63. The molecule has 4 rings (SSSR count). The highest BCUT2D eigenvalue weighted by molar-refractivity contribution is 8.00. The number of ether oxygens (including phenoxy) is 1. The molecule has 2 aliphatic heterocycles. The van der Waals surface area contributed by atoms with Gasteiger partial charge in [0.25, 0.3) is 5.91 Å². The van der Waals surface area contributed by atoms with Gasteiger partial charge in [-0.2, -0.15) is 0 Å². The van der Waals surface area contributed by atoms with Crippen LogP contribution in [0.25, 0.3) is 0 Å². The SMILES string of the molecule is CC(C)c1ccc(CN2C[C@@H]3[C@H](C2)N(CCOc2ccccc2)C(=O)C(C)(C)[S+]3(=O)[O-])cc1. The second-order valence-electron chi connectivity index (χ2n) is 9.91. The average Bonchev–Trinajstić information content (AvgIpc) is 3.21. The van der Waals surface area contributed by atoms with Crippen molar-refractivity contribution in [2.75, 3.05) is 26.2 Å². The van der Waals surface area contributed by atoms with E-state index in [1.807, 2.05) is 30.3 Å². The number of hydrogen-bond acceptors (Lipinski definition) is 5. The van der Waals surface area contributed by atoms with Crippen molar-refractivity contribution in [3.05, 3.63) is 65.7 Å². The lowest BCUT2D eigenvalue weighted by molar-refractivity contribution is -0.137. The molecule has 0 aliphatic carbocycles. The van der Waals surface area contributed by atoms with Gasteiger partial charge >= 0.3 is 0 Å². The lowest BCUT2D eigenvalue weighted by Crippen LogP contribution is -2.68. The zero-order valence-corrected chi connectivity index (χ0v) is 20.7. The summed E-state index contributed by atoms with van der Waals surface area (Å²) in [6.07, 6.45) is 0. The molecule has 2 aromatic rings. The summed E-state index contributed by atoms with van der Waals surface area (Å²) in [7, 11) is -3.61. The van der Waals surface area contributed by atoms with Crippen molar-refractivity contribution >= 4 is 16.1 Å². The number of likely N-dealkylation sites (tertiary alicyclic amines) is 1. The molecule has 3 atom stereocenters. The van der Waals surface area contributed by atoms with Gasteiger partial charge in [-0.3, -0.25) is 9.69 Å². The molecule has 2 fully saturated rings. The zero-order valence-electron chi connectivity index (χ0n) is 19.9. The van der Waals surface area contributed by atoms with Gasteiger partial charge in [-0.05, 0) is 43.0 Å². The topological polar surface area (TPSA) is 72.9 Å². The predicted octanol–water partition coefficient (Wildman–Crippen LogP) is 3.69. The summed E-state index contributed by atoms with van der Waals surface area (Å²) < 4.78 is 31.1. The minimum Gasteiger partial charge on any atom is -0.614 e. The van der Waals surface area contributed by atoms with E-state index < -0.39 is 20.2 Å². The maximum Gasteiger partial charge on any atom is 0.278 e. The highest BCUT2D eigenvalue weighted by Crippen LogP contribution is 2.41. The lowest BCUT2D eigenvalue weighted by Gasteiger charge is -2.46. The number of nitrogens with zero attached hydrogens (tertiary/aromatic N) is 2. The Morgan fingerprint density at radius 2 is 1.76 bits per heavy atom. The monoisotopic (exact) mass is 470 g/mol. The fourth-order valence-electron chi connectivity index (χ4n) is 4.87. The van der Waals surface area contributed by atoms with Crippen LogP contribution in [0.3, 0.4) is 0 Å². The minimum absolute atomic E-state index is 0.325. The molecule has 0 radical (unpaired) electrons. The van der Waals surface area contributed by atoms with E-state index in [1.165, 1.54) is 5.56 Å². The first-order valence-electron chi connectivity index (χ1n) is 11.6. The third kappa shape index (κ3) is 4.59. The molecule has 2 aromatic carbocycles. The second kappa shape index (κ2) is 9.20. The lowest BCUT2D eigenvalue weighted by atomic mass is 10.0. The van der Waals surface area contributed by atoms with E-state index in [0.29, 0.717) is 38.7 Å². The van der Waals surface area contributed by atoms with Crippen LogP contribution in [0, 0.1) is 0 Å². The fraction of sp³-hybridized carbons (Fsp3) is 0.500. The third-order valence-electron chi connectivity index (χ3n) is 7.00. The summed E-state index contributed by atoms with van der Waals surface area (Å²) >= 11 is 0. The molecule has 2 saturated heterocycles. The minimum atomic E-state index is -3.61. The molecular formula is C26H34N2O4S. The number of amides is 1. The first-order chi connectivity index (χ1) is 15.6. The van der Waals surface area contributed by atoms with Gasteiger partial charge < -0.3 is 14.2 Å². The van der Waals surface area contributed by atoms with Crippen LogP contribution in [0.1, 0.15) is 44.7 Å². The van der Waals surface area contributed by atoms with Crippen LogP contribution in [-0.2, 0) is 25.8 Å². The standard InChI is InChI=1S/C26H34N2O4S/c1-19(2)21-12-10-20(11-13-21)16-27-17-23-24(18-27)33(30,31)26(3,4)25(29)28(23)14-15-32-22-8-6-5-7-9-22/h5-13,19,23-24H,14-18H2,1-4H3/t23-,24+/m0/s1. The summed E-state index contributed by atoms with van der Waals surface area (Å²) in [5, 5.41) is -0.586. The van der Waals surface area contributed by atoms with Crippen molar-refractivity contribution < 1.29 is 18.3 Å². The molecule has 6 nitrogen and oxygen atoms in total. The number of rotatable bonds is 7. The number of hydrogen-bond donors (Lipinski definition) is 0. The maximum absolute atomic E-state index is 13.4. The Balaban J connectivity index is 1.50. The number of benzene rings is 2. The predicted molar refractivity (Wildman–Crippen MR) is 130 cm³/mol. The number of sulfone groups is 1. The molecule has 0 spiro atoms. The van der Waals surface area contributed by atoms with Crippen LogP contribution in [0.15, 0.2) is 54.6 Å². The van der Waals surface area contributed by atoms with E-state index in [4.69, 9.17) is 4.74 Å². The smallest absolute Gasteiger partial charge is 0.278 e. The van der Waals surface area contributed by atoms with E-state index in [1.54, 1.807) is 18.7 Å². The molecule has 2 heterocycles. The fourth-order valence-corrected chi connectivity index (χ4v) is 7.05. The van der Waals surface area contributed by atoms with Gasteiger partial charge in [-0.25, -0.2) is 0 Å². The van der Waals surface area contributed by atoms with E-state index in [0.717, 1.165) is 11.3 Å². The van der Waals surface area contributed by atoms with Crippen molar-refractivity contribution in [1.82, 2.24) is 9.80 Å². The van der Waals surface area contributed by atoms with Crippen LogP contribution in [0.5, 0.6) is 5.75 Å². The number of carbonyl (C=O) groups is 1. The summed E-state index contributed by atoms with van der Waals surface area (Å²) in [5.74, 6) is 0.880. The molecular weight excluding hydrogens is 436 g/mol. The molecule has 0 saturated carbocycles. The molecule has 0 N–H and O–H groups in total. The number of fused-ring (bicyclic) bond motifs is 1. The third-order valence-corrected chi connectivity index (χ3v) is 9.85. The normalized spacial score (nSPS) is 27.1. The van der Waals surface area contributed by atoms with E-state index >= 15 is 0 Å². The molecule has 1 unspecified atom stereocenters. The van der Waals surface area contributed by atoms with Crippen LogP contribution in [0.4, 0.5) is 0 Å². The summed E-state index contributed by atoms with van der Waals surface area (Å²) in [4.78, 5) is 17.2. The highest BCUT2D eigenvalue weighted by atomic mass is 32.3. The summed E-state index contributed by atoms with van der Waals surface area (Å²) in [5.41, 5.74) is 2.44. The quantitative estimate of drug-likeness (QED) is 0.577. The van der Waals surface area contributed by atoms with Crippen LogP contribution in [-0.4, -0.2) is 62.5 Å². The van der Waals surface area contributed by atoms with Gasteiger partial charge in [0.15, 0.2) is 5.25 Å². The Hall–Kier alpha value is -2.22. The van der Waals surface area contributed by atoms with Crippen LogP contribution >= 0.6 is 0 Å². The van der Waals surface area contributed by atoms with E-state index in [9.17, 15) is 13.6 Å². The van der Waals surface area contributed by atoms with E-state index in [2.05, 4.69) is 43.0 Å². The average molecular weight is 471 g/mol. The van der Waals surface area contributed by atoms with Gasteiger partial charge in [0, 0.05) is 19.6 Å². The van der Waals surface area contributed by atoms with E-state index in [-0.39, 0.29) is 11.9 Å². The summed E-state index contributed by atoms with van der Waals surface area (Å²) in [6.45, 7) is 9.76. The summed E-state index contributed by atoms with van der Waals surface area (Å²) in [6, 6.07) is 17.6. The van der Waals surface area contributed by atoms with Gasteiger partial charge in [0.2, 0.25) is 4.75 Å². The van der Waals surface area contributed by atoms with Crippen LogP contribution < -0.4 is 4.74 Å². The van der Waals surface area contributed by atoms with Crippen molar-refractivity contribution in [3.63, 3.8) is 0 Å². The second-order valence-corrected chi connectivity index (χ2v) is 12.6. The molecule has 7 heteroatoms. The van der Waals surface area contributed by atoms with Crippen molar-refractivity contribution in [2.24, 2.45) is 0 Å². The van der Waals surface area contributed by atoms with Crippen molar-refractivity contribution in [1.29, 1.82) is 0 Å². The first kappa shape index (κ1) is 23.9.